The molecule has 0 heterocycles. The second kappa shape index (κ2) is 4.01. The fourth-order valence-electron chi connectivity index (χ4n) is 1.89. The third kappa shape index (κ3) is 1.74. The van der Waals surface area contributed by atoms with E-state index in [0.29, 0.717) is 0 Å². The standard InChI is InChI=1S/C13H15NO/c1-9-6-7-12(13(14)8-15)11-5-3-2-4-10(9)11/h2-7,13,15H,8,14H2,1H3. The largest absolute Gasteiger partial charge is 0.394 e. The zero-order valence-electron chi connectivity index (χ0n) is 8.77. The predicted octanol–water partition coefficient (Wildman–Crippen LogP) is 2.14. The Labute approximate surface area is 89.3 Å². The number of aryl methyl sites for hydroxylation is 1. The lowest BCUT2D eigenvalue weighted by atomic mass is 9.96. The number of benzene rings is 2. The second-order valence-corrected chi connectivity index (χ2v) is 3.81. The van der Waals surface area contributed by atoms with Crippen LogP contribution in [0.2, 0.25) is 0 Å². The van der Waals surface area contributed by atoms with Crippen molar-refractivity contribution < 1.29 is 5.11 Å². The van der Waals surface area contributed by atoms with Crippen LogP contribution in [0.1, 0.15) is 17.2 Å². The molecule has 15 heavy (non-hydrogen) atoms. The summed E-state index contributed by atoms with van der Waals surface area (Å²) in [5.74, 6) is 0. The fraction of sp³-hybridized carbons (Fsp3) is 0.231. The van der Waals surface area contributed by atoms with E-state index in [1.807, 2.05) is 30.3 Å². The van der Waals surface area contributed by atoms with Gasteiger partial charge in [0.05, 0.1) is 12.6 Å². The minimum absolute atomic E-state index is 0.0208. The predicted molar refractivity (Wildman–Crippen MR) is 62.7 cm³/mol. The summed E-state index contributed by atoms with van der Waals surface area (Å²) in [6.07, 6.45) is 0. The summed E-state index contributed by atoms with van der Waals surface area (Å²) in [5, 5.41) is 11.4. The highest BCUT2D eigenvalue weighted by atomic mass is 16.3. The van der Waals surface area contributed by atoms with Gasteiger partial charge in [0.2, 0.25) is 0 Å². The van der Waals surface area contributed by atoms with Crippen LogP contribution < -0.4 is 5.73 Å². The monoisotopic (exact) mass is 201 g/mol. The van der Waals surface area contributed by atoms with Gasteiger partial charge >= 0.3 is 0 Å². The number of fused-ring (bicyclic) bond motifs is 1. The zero-order valence-corrected chi connectivity index (χ0v) is 8.77. The molecule has 0 aliphatic heterocycles. The summed E-state index contributed by atoms with van der Waals surface area (Å²) in [6, 6.07) is 11.9. The Balaban J connectivity index is 2.71. The molecule has 0 amide bonds. The smallest absolute Gasteiger partial charge is 0.0624 e. The molecule has 78 valence electrons. The molecule has 3 N–H and O–H groups in total. The number of hydrogen-bond donors (Lipinski definition) is 2. The summed E-state index contributed by atoms with van der Waals surface area (Å²) in [4.78, 5) is 0. The first-order valence-corrected chi connectivity index (χ1v) is 5.08. The summed E-state index contributed by atoms with van der Waals surface area (Å²) in [6.45, 7) is 2.06. The van der Waals surface area contributed by atoms with Crippen molar-refractivity contribution in [3.63, 3.8) is 0 Å². The quantitative estimate of drug-likeness (QED) is 0.782. The number of aliphatic hydroxyl groups excluding tert-OH is 1. The van der Waals surface area contributed by atoms with Gasteiger partial charge in [0.1, 0.15) is 0 Å². The van der Waals surface area contributed by atoms with E-state index in [-0.39, 0.29) is 12.6 Å². The van der Waals surface area contributed by atoms with Crippen molar-refractivity contribution in [3.8, 4) is 0 Å². The van der Waals surface area contributed by atoms with Crippen LogP contribution in [0.4, 0.5) is 0 Å². The maximum atomic E-state index is 9.09. The van der Waals surface area contributed by atoms with Crippen LogP contribution in [0.25, 0.3) is 10.8 Å². The summed E-state index contributed by atoms with van der Waals surface area (Å²) in [5.41, 5.74) is 8.11. The molecule has 0 radical (unpaired) electrons. The van der Waals surface area contributed by atoms with Crippen LogP contribution in [0.5, 0.6) is 0 Å². The molecule has 0 bridgehead atoms. The molecule has 0 fully saturated rings. The van der Waals surface area contributed by atoms with Gasteiger partial charge < -0.3 is 10.8 Å². The van der Waals surface area contributed by atoms with E-state index in [2.05, 4.69) is 13.0 Å². The molecule has 2 heteroatoms. The van der Waals surface area contributed by atoms with Crippen molar-refractivity contribution in [3.05, 3.63) is 47.5 Å². The van der Waals surface area contributed by atoms with Gasteiger partial charge in [-0.3, -0.25) is 0 Å². The molecule has 0 aromatic heterocycles. The van der Waals surface area contributed by atoms with Crippen molar-refractivity contribution >= 4 is 10.8 Å². The molecule has 0 saturated heterocycles. The second-order valence-electron chi connectivity index (χ2n) is 3.81. The fourth-order valence-corrected chi connectivity index (χ4v) is 1.89. The number of rotatable bonds is 2. The minimum Gasteiger partial charge on any atom is -0.394 e. The summed E-state index contributed by atoms with van der Waals surface area (Å²) < 4.78 is 0. The Morgan fingerprint density at radius 1 is 1.13 bits per heavy atom. The third-order valence-electron chi connectivity index (χ3n) is 2.77. The van der Waals surface area contributed by atoms with E-state index < -0.39 is 0 Å². The first-order valence-electron chi connectivity index (χ1n) is 5.08. The van der Waals surface area contributed by atoms with E-state index in [0.717, 1.165) is 10.9 Å². The van der Waals surface area contributed by atoms with Crippen LogP contribution in [-0.4, -0.2) is 11.7 Å². The maximum absolute atomic E-state index is 9.09. The lowest BCUT2D eigenvalue weighted by Crippen LogP contribution is -2.14. The van der Waals surface area contributed by atoms with Gasteiger partial charge in [-0.25, -0.2) is 0 Å². The molecule has 0 spiro atoms. The Morgan fingerprint density at radius 3 is 2.47 bits per heavy atom. The molecule has 2 rings (SSSR count). The molecule has 0 aliphatic carbocycles. The van der Waals surface area contributed by atoms with E-state index in [1.54, 1.807) is 0 Å². The highest BCUT2D eigenvalue weighted by Crippen LogP contribution is 2.25. The number of aliphatic hydroxyl groups is 1. The van der Waals surface area contributed by atoms with Gasteiger partial charge in [0, 0.05) is 0 Å². The first-order chi connectivity index (χ1) is 7.24. The van der Waals surface area contributed by atoms with Crippen LogP contribution in [0, 0.1) is 6.92 Å². The van der Waals surface area contributed by atoms with Crippen molar-refractivity contribution in [2.24, 2.45) is 5.73 Å². The Hall–Kier alpha value is -1.38. The van der Waals surface area contributed by atoms with Crippen molar-refractivity contribution in [2.45, 2.75) is 13.0 Å². The van der Waals surface area contributed by atoms with Gasteiger partial charge in [0.25, 0.3) is 0 Å². The van der Waals surface area contributed by atoms with Gasteiger partial charge in [0.15, 0.2) is 0 Å². The van der Waals surface area contributed by atoms with Gasteiger partial charge in [-0.2, -0.15) is 0 Å². The lowest BCUT2D eigenvalue weighted by Gasteiger charge is -2.13. The average Bonchev–Trinajstić information content (AvgIpc) is 2.29. The Bertz CT molecular complexity index is 479. The van der Waals surface area contributed by atoms with Gasteiger partial charge in [-0.05, 0) is 28.8 Å². The third-order valence-corrected chi connectivity index (χ3v) is 2.77. The molecule has 0 saturated carbocycles. The molecule has 1 atom stereocenters. The van der Waals surface area contributed by atoms with Crippen LogP contribution in [-0.2, 0) is 0 Å². The molecular formula is C13H15NO. The van der Waals surface area contributed by atoms with Crippen LogP contribution in [0.3, 0.4) is 0 Å². The van der Waals surface area contributed by atoms with E-state index >= 15 is 0 Å². The van der Waals surface area contributed by atoms with Crippen LogP contribution >= 0.6 is 0 Å². The van der Waals surface area contributed by atoms with Crippen molar-refractivity contribution in [1.29, 1.82) is 0 Å². The highest BCUT2D eigenvalue weighted by Gasteiger charge is 2.09. The molecule has 2 aromatic carbocycles. The SMILES string of the molecule is Cc1ccc(C(N)CO)c2ccccc12. The summed E-state index contributed by atoms with van der Waals surface area (Å²) >= 11 is 0. The Morgan fingerprint density at radius 2 is 1.80 bits per heavy atom. The zero-order chi connectivity index (χ0) is 10.8. The molecule has 2 nitrogen and oxygen atoms in total. The van der Waals surface area contributed by atoms with Crippen molar-refractivity contribution in [1.82, 2.24) is 0 Å². The topological polar surface area (TPSA) is 46.2 Å². The number of hydrogen-bond acceptors (Lipinski definition) is 2. The minimum atomic E-state index is -0.296. The highest BCUT2D eigenvalue weighted by molar-refractivity contribution is 5.88. The van der Waals surface area contributed by atoms with E-state index in [9.17, 15) is 0 Å². The maximum Gasteiger partial charge on any atom is 0.0624 e. The van der Waals surface area contributed by atoms with Crippen LogP contribution in [0.15, 0.2) is 36.4 Å². The van der Waals surface area contributed by atoms with Crippen molar-refractivity contribution in [2.75, 3.05) is 6.61 Å². The Kier molecular flexibility index (Phi) is 2.71. The molecular weight excluding hydrogens is 186 g/mol. The molecule has 2 aromatic rings. The first kappa shape index (κ1) is 10.1. The summed E-state index contributed by atoms with van der Waals surface area (Å²) in [7, 11) is 0. The normalized spacial score (nSPS) is 13.0. The van der Waals surface area contributed by atoms with E-state index in [4.69, 9.17) is 10.8 Å². The van der Waals surface area contributed by atoms with Gasteiger partial charge in [-0.1, -0.05) is 36.4 Å². The van der Waals surface area contributed by atoms with Gasteiger partial charge in [-0.15, -0.1) is 0 Å². The molecule has 1 unspecified atom stereocenters. The lowest BCUT2D eigenvalue weighted by molar-refractivity contribution is 0.268. The van der Waals surface area contributed by atoms with E-state index in [1.165, 1.54) is 10.9 Å². The average molecular weight is 201 g/mol. The number of nitrogens with two attached hydrogens (primary N) is 1. The molecule has 0 aliphatic rings.